The van der Waals surface area contributed by atoms with E-state index in [1.165, 1.54) is 7.11 Å². The Morgan fingerprint density at radius 2 is 2.08 bits per heavy atom. The van der Waals surface area contributed by atoms with Crippen LogP contribution in [0.4, 0.5) is 0 Å². The molecule has 0 unspecified atom stereocenters. The summed E-state index contributed by atoms with van der Waals surface area (Å²) in [4.78, 5) is 7.92. The zero-order valence-corrected chi connectivity index (χ0v) is 7.10. The van der Waals surface area contributed by atoms with Crippen molar-refractivity contribution in [1.82, 2.24) is 9.97 Å². The molecule has 4 nitrogen and oxygen atoms in total. The lowest BCUT2D eigenvalue weighted by atomic mass is 10.3. The van der Waals surface area contributed by atoms with Crippen LogP contribution in [0.5, 0.6) is 6.01 Å². The Hall–Kier alpha value is -1.84. The van der Waals surface area contributed by atoms with Crippen LogP contribution in [-0.4, -0.2) is 17.1 Å². The van der Waals surface area contributed by atoms with Gasteiger partial charge in [-0.25, -0.2) is 9.97 Å². The van der Waals surface area contributed by atoms with Crippen LogP contribution in [0.1, 0.15) is 0 Å². The van der Waals surface area contributed by atoms with Gasteiger partial charge in [0.25, 0.3) is 0 Å². The first kappa shape index (κ1) is 7.79. The molecule has 0 radical (unpaired) electrons. The highest BCUT2D eigenvalue weighted by Gasteiger charge is 2.01. The van der Waals surface area contributed by atoms with Crippen molar-refractivity contribution in [3.8, 4) is 17.3 Å². The molecule has 13 heavy (non-hydrogen) atoms. The van der Waals surface area contributed by atoms with Gasteiger partial charge in [0.2, 0.25) is 0 Å². The lowest BCUT2D eigenvalue weighted by Gasteiger charge is -1.97. The Bertz CT molecular complexity index is 367. The maximum Gasteiger partial charge on any atom is 0.316 e. The number of ether oxygens (including phenoxy) is 1. The molecule has 2 aromatic heterocycles. The predicted molar refractivity (Wildman–Crippen MR) is 46.3 cm³/mol. The Balaban J connectivity index is 2.33. The molecular formula is C9H8N2O2. The number of methoxy groups -OCH3 is 1. The Kier molecular flexibility index (Phi) is 1.96. The van der Waals surface area contributed by atoms with E-state index in [0.29, 0.717) is 6.01 Å². The van der Waals surface area contributed by atoms with Crippen molar-refractivity contribution < 1.29 is 9.15 Å². The quantitative estimate of drug-likeness (QED) is 0.699. The number of nitrogens with zero attached hydrogens (tertiary/aromatic N) is 2. The van der Waals surface area contributed by atoms with Crippen LogP contribution in [-0.2, 0) is 0 Å². The average Bonchev–Trinajstić information content (AvgIpc) is 2.71. The number of hydrogen-bond acceptors (Lipinski definition) is 4. The van der Waals surface area contributed by atoms with E-state index in [9.17, 15) is 0 Å². The predicted octanol–water partition coefficient (Wildman–Crippen LogP) is 1.75. The van der Waals surface area contributed by atoms with Crippen LogP contribution in [0.15, 0.2) is 35.2 Å². The van der Waals surface area contributed by atoms with Crippen molar-refractivity contribution in [3.05, 3.63) is 30.8 Å². The maximum atomic E-state index is 5.17. The van der Waals surface area contributed by atoms with Gasteiger partial charge in [-0.1, -0.05) is 0 Å². The molecule has 0 fully saturated rings. The third kappa shape index (κ3) is 1.51. The molecule has 0 atom stereocenters. The standard InChI is InChI=1S/C9H8N2O2/c1-12-9-10-5-7(6-11-9)8-3-2-4-13-8/h2-6H,1H3. The summed E-state index contributed by atoms with van der Waals surface area (Å²) in [5.41, 5.74) is 0.839. The summed E-state index contributed by atoms with van der Waals surface area (Å²) in [5.74, 6) is 0.752. The monoisotopic (exact) mass is 176 g/mol. The number of aromatic nitrogens is 2. The van der Waals surface area contributed by atoms with Gasteiger partial charge in [-0.05, 0) is 12.1 Å². The fourth-order valence-corrected chi connectivity index (χ4v) is 0.992. The second-order valence-corrected chi connectivity index (χ2v) is 2.44. The van der Waals surface area contributed by atoms with Gasteiger partial charge in [-0.15, -0.1) is 0 Å². The van der Waals surface area contributed by atoms with Crippen molar-refractivity contribution in [1.29, 1.82) is 0 Å². The normalized spacial score (nSPS) is 9.92. The average molecular weight is 176 g/mol. The van der Waals surface area contributed by atoms with Crippen LogP contribution in [0.2, 0.25) is 0 Å². The topological polar surface area (TPSA) is 48.2 Å². The molecule has 2 aromatic rings. The van der Waals surface area contributed by atoms with E-state index in [1.54, 1.807) is 18.7 Å². The van der Waals surface area contributed by atoms with Gasteiger partial charge in [0.05, 0.1) is 18.9 Å². The van der Waals surface area contributed by atoms with Gasteiger partial charge in [-0.3, -0.25) is 0 Å². The van der Waals surface area contributed by atoms with Crippen LogP contribution in [0, 0.1) is 0 Å². The molecule has 0 aliphatic rings. The third-order valence-electron chi connectivity index (χ3n) is 1.62. The Morgan fingerprint density at radius 1 is 1.31 bits per heavy atom. The van der Waals surface area contributed by atoms with E-state index >= 15 is 0 Å². The van der Waals surface area contributed by atoms with E-state index in [4.69, 9.17) is 9.15 Å². The highest BCUT2D eigenvalue weighted by atomic mass is 16.5. The molecular weight excluding hydrogens is 168 g/mol. The summed E-state index contributed by atoms with van der Waals surface area (Å²) in [7, 11) is 1.53. The van der Waals surface area contributed by atoms with Crippen LogP contribution in [0.25, 0.3) is 11.3 Å². The molecule has 4 heteroatoms. The van der Waals surface area contributed by atoms with Crippen molar-refractivity contribution in [2.45, 2.75) is 0 Å². The summed E-state index contributed by atoms with van der Waals surface area (Å²) in [6.45, 7) is 0. The first-order chi connectivity index (χ1) is 6.40. The van der Waals surface area contributed by atoms with Crippen molar-refractivity contribution in [2.75, 3.05) is 7.11 Å². The van der Waals surface area contributed by atoms with Crippen LogP contribution >= 0.6 is 0 Å². The summed E-state index contributed by atoms with van der Waals surface area (Å²) < 4.78 is 10.0. The minimum Gasteiger partial charge on any atom is -0.467 e. The Morgan fingerprint density at radius 3 is 2.62 bits per heavy atom. The number of rotatable bonds is 2. The van der Waals surface area contributed by atoms with Gasteiger partial charge >= 0.3 is 6.01 Å². The summed E-state index contributed by atoms with van der Waals surface area (Å²) in [6, 6.07) is 4.03. The molecule has 0 spiro atoms. The van der Waals surface area contributed by atoms with E-state index < -0.39 is 0 Å². The molecule has 0 aromatic carbocycles. The van der Waals surface area contributed by atoms with E-state index in [1.807, 2.05) is 12.1 Å². The van der Waals surface area contributed by atoms with Gasteiger partial charge in [0, 0.05) is 12.4 Å². The second kappa shape index (κ2) is 3.26. The highest BCUT2D eigenvalue weighted by Crippen LogP contribution is 2.18. The molecule has 0 amide bonds. The van der Waals surface area contributed by atoms with Gasteiger partial charge in [0.1, 0.15) is 5.76 Å². The molecule has 2 rings (SSSR count). The lowest BCUT2D eigenvalue weighted by molar-refractivity contribution is 0.380. The Labute approximate surface area is 75.2 Å². The lowest BCUT2D eigenvalue weighted by Crippen LogP contribution is -1.90. The number of hydrogen-bond donors (Lipinski definition) is 0. The van der Waals surface area contributed by atoms with E-state index in [2.05, 4.69) is 9.97 Å². The zero-order valence-electron chi connectivity index (χ0n) is 7.10. The fraction of sp³-hybridized carbons (Fsp3) is 0.111. The largest absolute Gasteiger partial charge is 0.467 e. The molecule has 0 aliphatic heterocycles. The highest BCUT2D eigenvalue weighted by molar-refractivity contribution is 5.54. The molecule has 2 heterocycles. The first-order valence-electron chi connectivity index (χ1n) is 3.80. The fourth-order valence-electron chi connectivity index (χ4n) is 0.992. The molecule has 66 valence electrons. The zero-order chi connectivity index (χ0) is 9.10. The van der Waals surface area contributed by atoms with Crippen LogP contribution in [0.3, 0.4) is 0 Å². The smallest absolute Gasteiger partial charge is 0.316 e. The number of furan rings is 1. The minimum atomic E-state index is 0.357. The summed E-state index contributed by atoms with van der Waals surface area (Å²) in [5, 5.41) is 0. The van der Waals surface area contributed by atoms with Crippen LogP contribution < -0.4 is 4.74 Å². The molecule has 0 saturated carbocycles. The summed E-state index contributed by atoms with van der Waals surface area (Å²) >= 11 is 0. The van der Waals surface area contributed by atoms with Crippen molar-refractivity contribution in [2.24, 2.45) is 0 Å². The molecule has 0 bridgehead atoms. The maximum absolute atomic E-state index is 5.17. The van der Waals surface area contributed by atoms with E-state index in [0.717, 1.165) is 11.3 Å². The first-order valence-corrected chi connectivity index (χ1v) is 3.80. The van der Waals surface area contributed by atoms with Gasteiger partial charge in [0.15, 0.2) is 0 Å². The molecule has 0 aliphatic carbocycles. The van der Waals surface area contributed by atoms with Crippen molar-refractivity contribution in [3.63, 3.8) is 0 Å². The van der Waals surface area contributed by atoms with Gasteiger partial charge in [-0.2, -0.15) is 0 Å². The second-order valence-electron chi connectivity index (χ2n) is 2.44. The summed E-state index contributed by atoms with van der Waals surface area (Å²) in [6.07, 6.45) is 4.93. The SMILES string of the molecule is COc1ncc(-c2ccco2)cn1. The van der Waals surface area contributed by atoms with Crippen molar-refractivity contribution >= 4 is 0 Å². The van der Waals surface area contributed by atoms with Gasteiger partial charge < -0.3 is 9.15 Å². The molecule has 0 saturated heterocycles. The minimum absolute atomic E-state index is 0.357. The third-order valence-corrected chi connectivity index (χ3v) is 1.62. The van der Waals surface area contributed by atoms with E-state index in [-0.39, 0.29) is 0 Å². The molecule has 0 N–H and O–H groups in total.